The van der Waals surface area contributed by atoms with Gasteiger partial charge in [0.15, 0.2) is 17.5 Å². The molecule has 0 N–H and O–H groups in total. The average Bonchev–Trinajstić information content (AvgIpc) is 3.98. The number of nitrogens with zero attached hydrogens (tertiary/aromatic N) is 3. The minimum atomic E-state index is -0.499. The van der Waals surface area contributed by atoms with E-state index in [4.69, 9.17) is 19.7 Å². The van der Waals surface area contributed by atoms with Crippen LogP contribution in [0.4, 0.5) is 0 Å². The standard InChI is InChI=1S/C62H45N3O/c1-2-12-38(13-3-1)40-14-10-16-43(30-40)58-63-57(39-24-27-45(28-25-39)60-35-47-33-46-34-48(36-60)61(46,47)37-60)64-59(65-58)44-17-11-15-41(31-44)42-26-29-52-50(32-42)49-18-4-5-19-51(49)62(52)53-20-6-8-22-55(53)66-56-23-9-7-21-54(56)62/h1-32,46-48H,33-37H2/t46?,47-,48?,60?,61?/m0/s1. The molecule has 5 aliphatic carbocycles. The van der Waals surface area contributed by atoms with E-state index in [9.17, 15) is 0 Å². The number of benzene rings is 8. The second kappa shape index (κ2) is 13.3. The second-order valence-corrected chi connectivity index (χ2v) is 20.1. The van der Waals surface area contributed by atoms with E-state index < -0.39 is 5.41 Å². The van der Waals surface area contributed by atoms with Crippen LogP contribution in [0.25, 0.3) is 67.5 Å². The first-order valence-corrected chi connectivity index (χ1v) is 23.8. The lowest BCUT2D eigenvalue weighted by Crippen LogP contribution is -2.59. The maximum absolute atomic E-state index is 6.58. The van der Waals surface area contributed by atoms with Crippen molar-refractivity contribution in [2.75, 3.05) is 0 Å². The molecule has 66 heavy (non-hydrogen) atoms. The summed E-state index contributed by atoms with van der Waals surface area (Å²) in [6.45, 7) is 0. The number of hydrogen-bond acceptors (Lipinski definition) is 4. The molecule has 1 aliphatic heterocycles. The third-order valence-electron chi connectivity index (χ3n) is 17.3. The summed E-state index contributed by atoms with van der Waals surface area (Å²) >= 11 is 0. The quantitative estimate of drug-likeness (QED) is 0.167. The van der Waals surface area contributed by atoms with Gasteiger partial charge in [0, 0.05) is 27.8 Å². The van der Waals surface area contributed by atoms with Gasteiger partial charge >= 0.3 is 0 Å². The van der Waals surface area contributed by atoms with Crippen LogP contribution in [0.2, 0.25) is 0 Å². The van der Waals surface area contributed by atoms with Crippen molar-refractivity contribution in [2.24, 2.45) is 23.2 Å². The highest BCUT2D eigenvalue weighted by Crippen LogP contribution is 2.84. The molecule has 15 rings (SSSR count). The second-order valence-electron chi connectivity index (χ2n) is 20.1. The molecule has 2 heterocycles. The van der Waals surface area contributed by atoms with E-state index >= 15 is 0 Å². The molecule has 0 amide bonds. The number of fused-ring (bicyclic) bond motifs is 10. The lowest BCUT2D eigenvalue weighted by Gasteiger charge is -2.66. The van der Waals surface area contributed by atoms with Gasteiger partial charge < -0.3 is 4.74 Å². The molecule has 4 heteroatoms. The average molecular weight is 848 g/mol. The van der Waals surface area contributed by atoms with Crippen molar-refractivity contribution in [2.45, 2.75) is 42.9 Å². The number of rotatable bonds is 6. The van der Waals surface area contributed by atoms with Crippen LogP contribution < -0.4 is 4.74 Å². The summed E-state index contributed by atoms with van der Waals surface area (Å²) in [5.74, 6) is 6.75. The van der Waals surface area contributed by atoms with Gasteiger partial charge in [0.25, 0.3) is 0 Å². The van der Waals surface area contributed by atoms with Gasteiger partial charge in [-0.25, -0.2) is 15.0 Å². The number of para-hydroxylation sites is 2. The Hall–Kier alpha value is -7.43. The van der Waals surface area contributed by atoms with Gasteiger partial charge in [-0.05, 0) is 141 Å². The topological polar surface area (TPSA) is 47.9 Å². The first-order valence-electron chi connectivity index (χ1n) is 23.8. The molecule has 9 aromatic rings. The molecule has 5 atom stereocenters. The molecule has 4 saturated carbocycles. The molecule has 4 nitrogen and oxygen atoms in total. The molecule has 0 radical (unpaired) electrons. The third-order valence-corrected chi connectivity index (χ3v) is 17.3. The molecule has 8 aromatic carbocycles. The maximum atomic E-state index is 6.58. The fourth-order valence-electron chi connectivity index (χ4n) is 14.5. The van der Waals surface area contributed by atoms with Crippen LogP contribution in [0.15, 0.2) is 194 Å². The van der Waals surface area contributed by atoms with Gasteiger partial charge in [0.05, 0.1) is 5.41 Å². The van der Waals surface area contributed by atoms with Gasteiger partial charge in [-0.15, -0.1) is 0 Å². The minimum Gasteiger partial charge on any atom is -0.457 e. The SMILES string of the molecule is c1ccc(-c2cccc(-c3nc(-c4ccc(C56CC7CC8C[C@@H](C5)C87C6)cc4)nc(-c4cccc(-c5ccc6c(c5)-c5ccccc5C65c6ccccc6Oc6ccccc65)c4)n3)c2)cc1. The van der Waals surface area contributed by atoms with E-state index in [0.717, 1.165) is 68.2 Å². The van der Waals surface area contributed by atoms with Crippen LogP contribution in [0.3, 0.4) is 0 Å². The van der Waals surface area contributed by atoms with Crippen molar-refractivity contribution in [1.82, 2.24) is 15.0 Å². The fraction of sp³-hybridized carbons (Fsp3) is 0.177. The predicted octanol–water partition coefficient (Wildman–Crippen LogP) is 14.8. The van der Waals surface area contributed by atoms with Crippen LogP contribution in [-0.4, -0.2) is 15.0 Å². The van der Waals surface area contributed by atoms with E-state index in [-0.39, 0.29) is 0 Å². The molecule has 6 aliphatic rings. The highest BCUT2D eigenvalue weighted by molar-refractivity contribution is 5.91. The van der Waals surface area contributed by atoms with Gasteiger partial charge in [-0.1, -0.05) is 164 Å². The van der Waals surface area contributed by atoms with E-state index in [1.54, 1.807) is 0 Å². The summed E-state index contributed by atoms with van der Waals surface area (Å²) in [6.07, 6.45) is 7.10. The van der Waals surface area contributed by atoms with Crippen molar-refractivity contribution >= 4 is 0 Å². The third kappa shape index (κ3) is 4.91. The van der Waals surface area contributed by atoms with E-state index in [2.05, 4.69) is 194 Å². The molecule has 2 bridgehead atoms. The fourth-order valence-corrected chi connectivity index (χ4v) is 14.5. The molecule has 4 fully saturated rings. The largest absolute Gasteiger partial charge is 0.457 e. The molecule has 314 valence electrons. The van der Waals surface area contributed by atoms with Crippen LogP contribution in [-0.2, 0) is 10.8 Å². The Morgan fingerprint density at radius 2 is 0.879 bits per heavy atom. The number of hydrogen-bond donors (Lipinski definition) is 0. The lowest BCUT2D eigenvalue weighted by atomic mass is 9.38. The normalized spacial score (nSPS) is 23.7. The van der Waals surface area contributed by atoms with Gasteiger partial charge in [0.2, 0.25) is 0 Å². The van der Waals surface area contributed by atoms with Crippen LogP contribution in [0.5, 0.6) is 11.5 Å². The first kappa shape index (κ1) is 36.9. The molecular formula is C62H45N3O. The minimum absolute atomic E-state index is 0.354. The Kier molecular flexibility index (Phi) is 7.44. The molecule has 4 unspecified atom stereocenters. The molecule has 1 aromatic heterocycles. The molecular weight excluding hydrogens is 803 g/mol. The zero-order chi connectivity index (χ0) is 43.2. The Morgan fingerprint density at radius 1 is 0.379 bits per heavy atom. The smallest absolute Gasteiger partial charge is 0.164 e. The Balaban J connectivity index is 0.845. The highest BCUT2D eigenvalue weighted by atomic mass is 16.5. The van der Waals surface area contributed by atoms with Crippen molar-refractivity contribution in [3.05, 3.63) is 222 Å². The monoisotopic (exact) mass is 847 g/mol. The van der Waals surface area contributed by atoms with Crippen LogP contribution in [0, 0.1) is 23.2 Å². The first-order chi connectivity index (χ1) is 32.6. The van der Waals surface area contributed by atoms with Crippen molar-refractivity contribution in [3.8, 4) is 79.0 Å². The number of ether oxygens (including phenoxy) is 1. The highest BCUT2D eigenvalue weighted by Gasteiger charge is 2.77. The summed E-state index contributed by atoms with van der Waals surface area (Å²) in [4.78, 5) is 15.8. The zero-order valence-corrected chi connectivity index (χ0v) is 36.5. The lowest BCUT2D eigenvalue weighted by molar-refractivity contribution is -0.175. The number of aromatic nitrogens is 3. The Bertz CT molecular complexity index is 3420. The van der Waals surface area contributed by atoms with E-state index in [1.165, 1.54) is 71.0 Å². The Labute approximate surface area is 385 Å². The van der Waals surface area contributed by atoms with Crippen molar-refractivity contribution in [1.29, 1.82) is 0 Å². The maximum Gasteiger partial charge on any atom is 0.164 e. The van der Waals surface area contributed by atoms with E-state index in [1.807, 2.05) is 0 Å². The summed E-state index contributed by atoms with van der Waals surface area (Å²) in [7, 11) is 0. The summed E-state index contributed by atoms with van der Waals surface area (Å²) in [5, 5.41) is 0. The summed E-state index contributed by atoms with van der Waals surface area (Å²) in [6, 6.07) is 70.3. The van der Waals surface area contributed by atoms with Crippen LogP contribution in [0.1, 0.15) is 59.9 Å². The zero-order valence-electron chi connectivity index (χ0n) is 36.5. The van der Waals surface area contributed by atoms with Crippen LogP contribution >= 0.6 is 0 Å². The molecule has 2 spiro atoms. The van der Waals surface area contributed by atoms with E-state index in [0.29, 0.717) is 28.3 Å². The molecule has 0 saturated heterocycles. The van der Waals surface area contributed by atoms with Crippen molar-refractivity contribution < 1.29 is 4.74 Å². The van der Waals surface area contributed by atoms with Gasteiger partial charge in [0.1, 0.15) is 11.5 Å². The summed E-state index contributed by atoms with van der Waals surface area (Å²) < 4.78 is 6.58. The van der Waals surface area contributed by atoms with Gasteiger partial charge in [-0.3, -0.25) is 0 Å². The predicted molar refractivity (Wildman–Crippen MR) is 262 cm³/mol. The summed E-state index contributed by atoms with van der Waals surface area (Å²) in [5.41, 5.74) is 16.9. The van der Waals surface area contributed by atoms with Gasteiger partial charge in [-0.2, -0.15) is 0 Å². The van der Waals surface area contributed by atoms with Crippen molar-refractivity contribution in [3.63, 3.8) is 0 Å². The Morgan fingerprint density at radius 3 is 1.52 bits per heavy atom.